The van der Waals surface area contributed by atoms with E-state index in [2.05, 4.69) is 85.0 Å². The van der Waals surface area contributed by atoms with Gasteiger partial charge in [-0.2, -0.15) is 0 Å². The van der Waals surface area contributed by atoms with Gasteiger partial charge in [-0.15, -0.1) is 11.3 Å². The van der Waals surface area contributed by atoms with Gasteiger partial charge in [0.1, 0.15) is 17.4 Å². The summed E-state index contributed by atoms with van der Waals surface area (Å²) in [7, 11) is 0. The molecule has 9 aromatic rings. The molecule has 7 heteroatoms. The van der Waals surface area contributed by atoms with Crippen molar-refractivity contribution in [2.75, 3.05) is 0 Å². The van der Waals surface area contributed by atoms with Gasteiger partial charge in [-0.25, -0.2) is 19.9 Å². The molecule has 6 aromatic carbocycles. The molecular weight excluding hydrogens is 673 g/mol. The number of rotatable bonds is 5. The van der Waals surface area contributed by atoms with E-state index in [0.29, 0.717) is 23.4 Å². The summed E-state index contributed by atoms with van der Waals surface area (Å²) in [6, 6.07) is 45.6. The van der Waals surface area contributed by atoms with E-state index in [1.165, 1.54) is 0 Å². The maximum atomic E-state index is 6.37. The van der Waals surface area contributed by atoms with Crippen LogP contribution in [0.25, 0.3) is 88.0 Å². The number of allylic oxidation sites excluding steroid dienone is 2. The Morgan fingerprint density at radius 1 is 0.528 bits per heavy atom. The van der Waals surface area contributed by atoms with Gasteiger partial charge < -0.3 is 9.15 Å². The molecule has 2 atom stereocenters. The number of thiophene rings is 1. The Hall–Kier alpha value is -6.70. The third-order valence-corrected chi connectivity index (χ3v) is 11.4. The van der Waals surface area contributed by atoms with Crippen molar-refractivity contribution in [3.05, 3.63) is 163 Å². The van der Waals surface area contributed by atoms with Gasteiger partial charge in [0, 0.05) is 53.9 Å². The van der Waals surface area contributed by atoms with Crippen molar-refractivity contribution in [3.8, 4) is 62.5 Å². The summed E-state index contributed by atoms with van der Waals surface area (Å²) >= 11 is 1.74. The molecule has 0 saturated carbocycles. The molecule has 1 aliphatic heterocycles. The minimum absolute atomic E-state index is 0.0373. The maximum absolute atomic E-state index is 6.37. The molecular formula is C46H28N4O2S. The van der Waals surface area contributed by atoms with Gasteiger partial charge in [0.25, 0.3) is 0 Å². The van der Waals surface area contributed by atoms with Crippen LogP contribution >= 0.6 is 11.3 Å². The van der Waals surface area contributed by atoms with E-state index < -0.39 is 0 Å². The van der Waals surface area contributed by atoms with Gasteiger partial charge in [0.2, 0.25) is 5.89 Å². The smallest absolute Gasteiger partial charge is 0.227 e. The van der Waals surface area contributed by atoms with Crippen molar-refractivity contribution >= 4 is 42.6 Å². The van der Waals surface area contributed by atoms with Crippen molar-refractivity contribution in [2.45, 2.75) is 12.0 Å². The second-order valence-corrected chi connectivity index (χ2v) is 14.4. The highest BCUT2D eigenvalue weighted by molar-refractivity contribution is 7.26. The lowest BCUT2D eigenvalue weighted by Crippen LogP contribution is -2.16. The summed E-state index contributed by atoms with van der Waals surface area (Å²) < 4.78 is 15.0. The van der Waals surface area contributed by atoms with E-state index in [9.17, 15) is 0 Å². The molecule has 0 amide bonds. The van der Waals surface area contributed by atoms with Crippen LogP contribution < -0.4 is 4.74 Å². The minimum atomic E-state index is -0.0373. The minimum Gasteiger partial charge on any atom is -0.485 e. The number of aromatic nitrogens is 4. The van der Waals surface area contributed by atoms with Crippen LogP contribution in [-0.2, 0) is 0 Å². The Kier molecular flexibility index (Phi) is 6.75. The van der Waals surface area contributed by atoms with Crippen molar-refractivity contribution in [1.82, 2.24) is 19.9 Å². The number of benzene rings is 6. The van der Waals surface area contributed by atoms with Crippen LogP contribution in [0.4, 0.5) is 0 Å². The molecule has 0 fully saturated rings. The first-order valence-corrected chi connectivity index (χ1v) is 18.4. The van der Waals surface area contributed by atoms with E-state index in [4.69, 9.17) is 29.1 Å². The van der Waals surface area contributed by atoms with Crippen LogP contribution in [0.15, 0.2) is 162 Å². The van der Waals surface area contributed by atoms with Crippen molar-refractivity contribution < 1.29 is 9.15 Å². The fourth-order valence-electron chi connectivity index (χ4n) is 7.59. The van der Waals surface area contributed by atoms with Gasteiger partial charge in [0.05, 0.1) is 0 Å². The predicted molar refractivity (Wildman–Crippen MR) is 213 cm³/mol. The lowest BCUT2D eigenvalue weighted by atomic mass is 9.88. The average Bonchev–Trinajstić information content (AvgIpc) is 3.94. The Balaban J connectivity index is 1.04. The molecule has 0 spiro atoms. The number of nitrogens with zero attached hydrogens (tertiary/aromatic N) is 4. The van der Waals surface area contributed by atoms with Crippen LogP contribution in [0, 0.1) is 0 Å². The zero-order valence-corrected chi connectivity index (χ0v) is 29.0. The molecule has 1 aliphatic carbocycles. The summed E-state index contributed by atoms with van der Waals surface area (Å²) in [5.41, 5.74) is 8.73. The quantitative estimate of drug-likeness (QED) is 0.178. The van der Waals surface area contributed by atoms with Crippen LogP contribution in [0.5, 0.6) is 5.75 Å². The number of hydrogen-bond acceptors (Lipinski definition) is 7. The number of oxazole rings is 1. The molecule has 4 heterocycles. The molecule has 0 saturated heterocycles. The standard InChI is InChI=1S/C46H28N4O2S/c1-3-11-27(12-4-1)29-21-23-36-39(26-29)52-46(47-36)30-22-24-40-35(25-30)31-16-9-18-34(42(31)53-40)45-49-43(28-13-5-2-6-14-28)48-44(50-45)33-17-10-20-38-41(33)32-15-7-8-19-37(32)51-38/h1-26,32,37H. The van der Waals surface area contributed by atoms with Crippen LogP contribution in [-0.4, -0.2) is 26.0 Å². The molecule has 2 aliphatic rings. The largest absolute Gasteiger partial charge is 0.485 e. The fraction of sp³-hybridized carbons (Fsp3) is 0.0435. The normalized spacial score (nSPS) is 15.9. The zero-order chi connectivity index (χ0) is 34.9. The molecule has 250 valence electrons. The molecule has 53 heavy (non-hydrogen) atoms. The lowest BCUT2D eigenvalue weighted by molar-refractivity contribution is 0.269. The van der Waals surface area contributed by atoms with Gasteiger partial charge in [-0.1, -0.05) is 109 Å². The number of hydrogen-bond donors (Lipinski definition) is 0. The Labute approximate surface area is 308 Å². The third-order valence-electron chi connectivity index (χ3n) is 10.1. The Morgan fingerprint density at radius 2 is 1.26 bits per heavy atom. The number of ether oxygens (including phenoxy) is 1. The summed E-state index contributed by atoms with van der Waals surface area (Å²) in [5, 5.41) is 2.27. The molecule has 0 bridgehead atoms. The first-order valence-electron chi connectivity index (χ1n) is 17.6. The van der Waals surface area contributed by atoms with E-state index in [0.717, 1.165) is 76.0 Å². The van der Waals surface area contributed by atoms with Crippen molar-refractivity contribution in [3.63, 3.8) is 0 Å². The van der Waals surface area contributed by atoms with Gasteiger partial charge >= 0.3 is 0 Å². The van der Waals surface area contributed by atoms with Crippen LogP contribution in [0.2, 0.25) is 0 Å². The van der Waals surface area contributed by atoms with Crippen LogP contribution in [0.3, 0.4) is 0 Å². The topological polar surface area (TPSA) is 73.9 Å². The Bertz CT molecular complexity index is 2950. The fourth-order valence-corrected chi connectivity index (χ4v) is 8.78. The summed E-state index contributed by atoms with van der Waals surface area (Å²) in [4.78, 5) is 20.3. The molecule has 6 nitrogen and oxygen atoms in total. The highest BCUT2D eigenvalue weighted by Gasteiger charge is 2.35. The number of fused-ring (bicyclic) bond motifs is 7. The monoisotopic (exact) mass is 700 g/mol. The molecule has 3 aromatic heterocycles. The first kappa shape index (κ1) is 30.0. The van der Waals surface area contributed by atoms with Crippen LogP contribution in [0.1, 0.15) is 11.5 Å². The molecule has 0 radical (unpaired) electrons. The van der Waals surface area contributed by atoms with E-state index in [1.54, 1.807) is 11.3 Å². The van der Waals surface area contributed by atoms with E-state index in [-0.39, 0.29) is 12.0 Å². The predicted octanol–water partition coefficient (Wildman–Crippen LogP) is 11.7. The van der Waals surface area contributed by atoms with Crippen molar-refractivity contribution in [2.24, 2.45) is 0 Å². The first-order chi connectivity index (χ1) is 26.2. The highest BCUT2D eigenvalue weighted by Crippen LogP contribution is 2.47. The van der Waals surface area contributed by atoms with Gasteiger partial charge in [0.15, 0.2) is 23.1 Å². The average molecular weight is 701 g/mol. The lowest BCUT2D eigenvalue weighted by Gasteiger charge is -2.16. The summed E-state index contributed by atoms with van der Waals surface area (Å²) in [6.07, 6.45) is 8.41. The van der Waals surface area contributed by atoms with E-state index >= 15 is 0 Å². The summed E-state index contributed by atoms with van der Waals surface area (Å²) in [5.74, 6) is 3.46. The second-order valence-electron chi connectivity index (χ2n) is 13.3. The van der Waals surface area contributed by atoms with Crippen molar-refractivity contribution in [1.29, 1.82) is 0 Å². The zero-order valence-electron chi connectivity index (χ0n) is 28.2. The molecule has 0 N–H and O–H groups in total. The second kappa shape index (κ2) is 11.9. The Morgan fingerprint density at radius 3 is 2.13 bits per heavy atom. The maximum Gasteiger partial charge on any atom is 0.227 e. The SMILES string of the molecule is C1=CC2Oc3cccc(-c4nc(-c5ccccc5)nc(-c5cccc6c5sc5ccc(-c7nc8ccc(-c9ccccc9)cc8o7)cc56)n4)c3C2C=C1. The third kappa shape index (κ3) is 5.00. The highest BCUT2D eigenvalue weighted by atomic mass is 32.1. The summed E-state index contributed by atoms with van der Waals surface area (Å²) in [6.45, 7) is 0. The van der Waals surface area contributed by atoms with E-state index in [1.807, 2.05) is 72.8 Å². The molecule has 11 rings (SSSR count). The van der Waals surface area contributed by atoms with Gasteiger partial charge in [-0.05, 0) is 59.7 Å². The van der Waals surface area contributed by atoms with Gasteiger partial charge in [-0.3, -0.25) is 0 Å². The molecule has 2 unspecified atom stereocenters.